The van der Waals surface area contributed by atoms with E-state index < -0.39 is 0 Å². The van der Waals surface area contributed by atoms with Gasteiger partial charge in [0.15, 0.2) is 0 Å². The fourth-order valence-electron chi connectivity index (χ4n) is 1.96. The molecule has 1 atom stereocenters. The van der Waals surface area contributed by atoms with Crippen LogP contribution in [0.25, 0.3) is 5.69 Å². The zero-order valence-corrected chi connectivity index (χ0v) is 12.3. The van der Waals surface area contributed by atoms with E-state index in [4.69, 9.17) is 0 Å². The average Bonchev–Trinajstić information content (AvgIpc) is 3.01. The minimum Gasteiger partial charge on any atom is -0.309 e. The standard InChI is InChI=1S/C14H22N6/c1-4-19(3)9-8-15-12(2)13-6-5-7-14(10-13)20-11-16-17-18-20/h5-7,10-12,15H,4,8-9H2,1-3H3. The van der Waals surface area contributed by atoms with Crippen molar-refractivity contribution in [3.8, 4) is 5.69 Å². The molecule has 0 spiro atoms. The average molecular weight is 274 g/mol. The molecule has 1 aromatic carbocycles. The van der Waals surface area contributed by atoms with Crippen molar-refractivity contribution in [3.63, 3.8) is 0 Å². The van der Waals surface area contributed by atoms with Gasteiger partial charge in [0.2, 0.25) is 0 Å². The number of hydrogen-bond acceptors (Lipinski definition) is 5. The summed E-state index contributed by atoms with van der Waals surface area (Å²) in [5.41, 5.74) is 2.21. The Hall–Kier alpha value is -1.79. The predicted octanol–water partition coefficient (Wildman–Crippen LogP) is 1.26. The molecular weight excluding hydrogens is 252 g/mol. The summed E-state index contributed by atoms with van der Waals surface area (Å²) in [6.07, 6.45) is 1.60. The van der Waals surface area contributed by atoms with Gasteiger partial charge < -0.3 is 10.2 Å². The molecule has 1 unspecified atom stereocenters. The van der Waals surface area contributed by atoms with E-state index in [2.05, 4.69) is 58.8 Å². The first-order valence-electron chi connectivity index (χ1n) is 6.96. The Labute approximate surface area is 119 Å². The highest BCUT2D eigenvalue weighted by Crippen LogP contribution is 2.15. The van der Waals surface area contributed by atoms with Gasteiger partial charge in [-0.05, 0) is 48.6 Å². The highest BCUT2D eigenvalue weighted by molar-refractivity contribution is 5.35. The van der Waals surface area contributed by atoms with Gasteiger partial charge in [-0.1, -0.05) is 19.1 Å². The van der Waals surface area contributed by atoms with E-state index in [-0.39, 0.29) is 0 Å². The Morgan fingerprint density at radius 3 is 2.95 bits per heavy atom. The SMILES string of the molecule is CCN(C)CCNC(C)c1cccc(-n2cnnn2)c1. The molecule has 0 aliphatic carbocycles. The molecular formula is C14H22N6. The lowest BCUT2D eigenvalue weighted by Crippen LogP contribution is -2.30. The van der Waals surface area contributed by atoms with Gasteiger partial charge in [0.1, 0.15) is 6.33 Å². The maximum Gasteiger partial charge on any atom is 0.143 e. The number of rotatable bonds is 7. The van der Waals surface area contributed by atoms with Gasteiger partial charge in [-0.2, -0.15) is 0 Å². The zero-order valence-electron chi connectivity index (χ0n) is 12.3. The van der Waals surface area contributed by atoms with Gasteiger partial charge in [0.25, 0.3) is 0 Å². The predicted molar refractivity (Wildman–Crippen MR) is 78.7 cm³/mol. The summed E-state index contributed by atoms with van der Waals surface area (Å²) in [7, 11) is 2.13. The number of hydrogen-bond donors (Lipinski definition) is 1. The van der Waals surface area contributed by atoms with Crippen molar-refractivity contribution in [1.82, 2.24) is 30.4 Å². The summed E-state index contributed by atoms with van der Waals surface area (Å²) in [4.78, 5) is 2.29. The number of nitrogens with one attached hydrogen (secondary N) is 1. The number of likely N-dealkylation sites (N-methyl/N-ethyl adjacent to an activating group) is 1. The van der Waals surface area contributed by atoms with Crippen LogP contribution in [0.5, 0.6) is 0 Å². The lowest BCUT2D eigenvalue weighted by atomic mass is 10.1. The first-order valence-corrected chi connectivity index (χ1v) is 6.96. The Kier molecular flexibility index (Phi) is 5.20. The summed E-state index contributed by atoms with van der Waals surface area (Å²) < 4.78 is 1.67. The van der Waals surface area contributed by atoms with Crippen molar-refractivity contribution in [2.75, 3.05) is 26.7 Å². The van der Waals surface area contributed by atoms with Gasteiger partial charge in [-0.15, -0.1) is 5.10 Å². The second-order valence-corrected chi connectivity index (χ2v) is 4.92. The summed E-state index contributed by atoms with van der Waals surface area (Å²) >= 11 is 0. The minimum absolute atomic E-state index is 0.302. The van der Waals surface area contributed by atoms with Gasteiger partial charge in [0, 0.05) is 19.1 Å². The van der Waals surface area contributed by atoms with E-state index in [9.17, 15) is 0 Å². The molecule has 2 rings (SSSR count). The molecule has 1 heterocycles. The van der Waals surface area contributed by atoms with Crippen molar-refractivity contribution in [2.45, 2.75) is 19.9 Å². The third-order valence-corrected chi connectivity index (χ3v) is 3.47. The first kappa shape index (κ1) is 14.6. The molecule has 1 aromatic heterocycles. The maximum atomic E-state index is 3.91. The fraction of sp³-hybridized carbons (Fsp3) is 0.500. The third-order valence-electron chi connectivity index (χ3n) is 3.47. The molecule has 0 bridgehead atoms. The molecule has 0 fully saturated rings. The lowest BCUT2D eigenvalue weighted by molar-refractivity contribution is 0.342. The van der Waals surface area contributed by atoms with Gasteiger partial charge >= 0.3 is 0 Å². The highest BCUT2D eigenvalue weighted by atomic mass is 15.5. The first-order chi connectivity index (χ1) is 9.70. The molecule has 0 radical (unpaired) electrons. The summed E-state index contributed by atoms with van der Waals surface area (Å²) in [6, 6.07) is 8.56. The van der Waals surface area contributed by atoms with E-state index in [1.807, 2.05) is 12.1 Å². The summed E-state index contributed by atoms with van der Waals surface area (Å²) in [5.74, 6) is 0. The molecule has 0 saturated heterocycles. The van der Waals surface area contributed by atoms with Crippen LogP contribution in [-0.4, -0.2) is 51.8 Å². The fourth-order valence-corrected chi connectivity index (χ4v) is 1.96. The molecule has 6 nitrogen and oxygen atoms in total. The Morgan fingerprint density at radius 2 is 2.25 bits per heavy atom. The molecule has 108 valence electrons. The van der Waals surface area contributed by atoms with Gasteiger partial charge in [-0.25, -0.2) is 4.68 Å². The van der Waals surface area contributed by atoms with Crippen molar-refractivity contribution >= 4 is 0 Å². The van der Waals surface area contributed by atoms with Crippen molar-refractivity contribution in [1.29, 1.82) is 0 Å². The molecule has 0 saturated carbocycles. The monoisotopic (exact) mass is 274 g/mol. The van der Waals surface area contributed by atoms with E-state index in [1.54, 1.807) is 11.0 Å². The number of nitrogens with zero attached hydrogens (tertiary/aromatic N) is 5. The number of benzene rings is 1. The second kappa shape index (κ2) is 7.12. The Morgan fingerprint density at radius 1 is 1.40 bits per heavy atom. The van der Waals surface area contributed by atoms with Crippen molar-refractivity contribution in [2.24, 2.45) is 0 Å². The second-order valence-electron chi connectivity index (χ2n) is 4.92. The van der Waals surface area contributed by atoms with Crippen molar-refractivity contribution < 1.29 is 0 Å². The van der Waals surface area contributed by atoms with Crippen molar-refractivity contribution in [3.05, 3.63) is 36.2 Å². The van der Waals surface area contributed by atoms with E-state index in [0.717, 1.165) is 25.3 Å². The highest BCUT2D eigenvalue weighted by Gasteiger charge is 2.07. The van der Waals surface area contributed by atoms with Crippen LogP contribution < -0.4 is 5.32 Å². The largest absolute Gasteiger partial charge is 0.309 e. The van der Waals surface area contributed by atoms with Crippen LogP contribution in [0.2, 0.25) is 0 Å². The zero-order chi connectivity index (χ0) is 14.4. The maximum absolute atomic E-state index is 3.91. The van der Waals surface area contributed by atoms with E-state index in [1.165, 1.54) is 5.56 Å². The molecule has 20 heavy (non-hydrogen) atoms. The molecule has 0 aliphatic rings. The van der Waals surface area contributed by atoms with Crippen LogP contribution in [-0.2, 0) is 0 Å². The van der Waals surface area contributed by atoms with Crippen LogP contribution in [0.4, 0.5) is 0 Å². The summed E-state index contributed by atoms with van der Waals surface area (Å²) in [6.45, 7) is 7.43. The normalized spacial score (nSPS) is 12.8. The van der Waals surface area contributed by atoms with Crippen LogP contribution in [0.3, 0.4) is 0 Å². The molecule has 0 aliphatic heterocycles. The molecule has 0 amide bonds. The third kappa shape index (κ3) is 3.85. The van der Waals surface area contributed by atoms with Crippen LogP contribution >= 0.6 is 0 Å². The van der Waals surface area contributed by atoms with Gasteiger partial charge in [0.05, 0.1) is 5.69 Å². The summed E-state index contributed by atoms with van der Waals surface area (Å²) in [5, 5.41) is 14.8. The number of aromatic nitrogens is 4. The quantitative estimate of drug-likeness (QED) is 0.824. The van der Waals surface area contributed by atoms with Crippen LogP contribution in [0.1, 0.15) is 25.5 Å². The van der Waals surface area contributed by atoms with Crippen LogP contribution in [0.15, 0.2) is 30.6 Å². The van der Waals surface area contributed by atoms with Gasteiger partial charge in [-0.3, -0.25) is 0 Å². The smallest absolute Gasteiger partial charge is 0.143 e. The topological polar surface area (TPSA) is 58.9 Å². The number of tetrazole rings is 1. The Balaban J connectivity index is 1.96. The minimum atomic E-state index is 0.302. The lowest BCUT2D eigenvalue weighted by Gasteiger charge is -2.18. The molecule has 2 aromatic rings. The van der Waals surface area contributed by atoms with E-state index >= 15 is 0 Å². The molecule has 1 N–H and O–H groups in total. The Bertz CT molecular complexity index is 510. The van der Waals surface area contributed by atoms with E-state index in [0.29, 0.717) is 6.04 Å². The van der Waals surface area contributed by atoms with Crippen LogP contribution in [0, 0.1) is 0 Å². The molecule has 6 heteroatoms.